The number of halogens is 1. The van der Waals surface area contributed by atoms with Gasteiger partial charge >= 0.3 is 5.69 Å². The Labute approximate surface area is 193 Å². The zero-order valence-electron chi connectivity index (χ0n) is 17.3. The first kappa shape index (κ1) is 24.4. The van der Waals surface area contributed by atoms with E-state index in [9.17, 15) is 33.4 Å². The number of nitrogens with zero attached hydrogens (tertiary/aromatic N) is 3. The van der Waals surface area contributed by atoms with Gasteiger partial charge in [0.05, 0.1) is 25.5 Å². The van der Waals surface area contributed by atoms with Gasteiger partial charge in [-0.05, 0) is 38.0 Å². The number of amides is 1. The Kier molecular flexibility index (Phi) is 7.15. The van der Waals surface area contributed by atoms with Crippen LogP contribution in [0.3, 0.4) is 0 Å². The van der Waals surface area contributed by atoms with Crippen LogP contribution < -0.4 is 10.1 Å². The summed E-state index contributed by atoms with van der Waals surface area (Å²) < 4.78 is 32.1. The quantitative estimate of drug-likeness (QED) is 0.427. The molecule has 1 heterocycles. The first-order valence-corrected chi connectivity index (χ1v) is 11.5. The molecule has 1 amide bonds. The van der Waals surface area contributed by atoms with Crippen molar-refractivity contribution in [2.75, 3.05) is 18.4 Å². The standard InChI is InChI=1S/C19H19ClN4O8S/c1-12(19(25)21-16-10-13(23(26)27)4-6-15(16)20)32-18-7-5-14(11-17(18)24(28)29)33(30,31)22-8-2-3-9-22/h4-7,10-12H,2-3,8-9H2,1H3,(H,21,25). The third-order valence-electron chi connectivity index (χ3n) is 4.92. The number of hydrogen-bond donors (Lipinski definition) is 1. The number of nitrogens with one attached hydrogen (secondary N) is 1. The molecule has 2 aromatic rings. The van der Waals surface area contributed by atoms with Gasteiger partial charge in [0.2, 0.25) is 10.0 Å². The number of anilines is 1. The predicted molar refractivity (Wildman–Crippen MR) is 118 cm³/mol. The van der Waals surface area contributed by atoms with Gasteiger partial charge in [0.1, 0.15) is 0 Å². The normalized spacial score (nSPS) is 15.1. The van der Waals surface area contributed by atoms with Gasteiger partial charge in [-0.3, -0.25) is 25.0 Å². The smallest absolute Gasteiger partial charge is 0.312 e. The van der Waals surface area contributed by atoms with E-state index in [1.807, 2.05) is 0 Å². The van der Waals surface area contributed by atoms with E-state index >= 15 is 0 Å². The summed E-state index contributed by atoms with van der Waals surface area (Å²) >= 11 is 5.96. The molecule has 2 aromatic carbocycles. The van der Waals surface area contributed by atoms with Crippen molar-refractivity contribution in [2.24, 2.45) is 0 Å². The highest BCUT2D eigenvalue weighted by Crippen LogP contribution is 2.33. The van der Waals surface area contributed by atoms with Gasteiger partial charge in [-0.15, -0.1) is 0 Å². The molecule has 33 heavy (non-hydrogen) atoms. The second kappa shape index (κ2) is 9.68. The van der Waals surface area contributed by atoms with E-state index in [0.29, 0.717) is 25.9 Å². The van der Waals surface area contributed by atoms with Crippen molar-refractivity contribution in [3.8, 4) is 5.75 Å². The first-order chi connectivity index (χ1) is 15.5. The molecule has 1 saturated heterocycles. The molecule has 1 aliphatic heterocycles. The van der Waals surface area contributed by atoms with Crippen LogP contribution in [0.1, 0.15) is 19.8 Å². The number of hydrogen-bond acceptors (Lipinski definition) is 8. The number of ether oxygens (including phenoxy) is 1. The molecule has 176 valence electrons. The van der Waals surface area contributed by atoms with E-state index in [1.54, 1.807) is 0 Å². The second-order valence-electron chi connectivity index (χ2n) is 7.17. The topological polar surface area (TPSA) is 162 Å². The number of nitro groups is 2. The van der Waals surface area contributed by atoms with Crippen molar-refractivity contribution in [2.45, 2.75) is 30.8 Å². The van der Waals surface area contributed by atoms with Gasteiger partial charge in [-0.2, -0.15) is 4.31 Å². The summed E-state index contributed by atoms with van der Waals surface area (Å²) in [6, 6.07) is 6.66. The largest absolute Gasteiger partial charge is 0.474 e. The summed E-state index contributed by atoms with van der Waals surface area (Å²) in [5, 5.41) is 24.9. The van der Waals surface area contributed by atoms with Gasteiger partial charge in [0, 0.05) is 31.3 Å². The number of rotatable bonds is 8. The van der Waals surface area contributed by atoms with E-state index in [0.717, 1.165) is 18.2 Å². The molecule has 0 saturated carbocycles. The molecule has 1 N–H and O–H groups in total. The first-order valence-electron chi connectivity index (χ1n) is 9.71. The number of carbonyl (C=O) groups excluding carboxylic acids is 1. The van der Waals surface area contributed by atoms with Crippen molar-refractivity contribution in [3.05, 3.63) is 61.6 Å². The van der Waals surface area contributed by atoms with E-state index in [4.69, 9.17) is 16.3 Å². The molecule has 0 radical (unpaired) electrons. The number of non-ortho nitro benzene ring substituents is 1. The summed E-state index contributed by atoms with van der Waals surface area (Å²) in [5.41, 5.74) is -0.954. The Hall–Kier alpha value is -3.29. The lowest BCUT2D eigenvalue weighted by Crippen LogP contribution is -2.30. The monoisotopic (exact) mass is 498 g/mol. The minimum absolute atomic E-state index is 0.0344. The molecule has 1 unspecified atom stereocenters. The van der Waals surface area contributed by atoms with Crippen LogP contribution in [0.5, 0.6) is 5.75 Å². The third kappa shape index (κ3) is 5.38. The van der Waals surface area contributed by atoms with Gasteiger partial charge in [0.15, 0.2) is 11.9 Å². The molecule has 1 fully saturated rings. The molecule has 12 nitrogen and oxygen atoms in total. The Morgan fingerprint density at radius 3 is 2.39 bits per heavy atom. The number of benzene rings is 2. The van der Waals surface area contributed by atoms with Gasteiger partial charge in [-0.1, -0.05) is 11.6 Å². The van der Waals surface area contributed by atoms with Crippen LogP contribution in [0.2, 0.25) is 5.02 Å². The van der Waals surface area contributed by atoms with Crippen molar-refractivity contribution in [1.29, 1.82) is 0 Å². The summed E-state index contributed by atoms with van der Waals surface area (Å²) in [4.78, 5) is 33.3. The van der Waals surface area contributed by atoms with Crippen LogP contribution in [0.15, 0.2) is 41.3 Å². The summed E-state index contributed by atoms with van der Waals surface area (Å²) in [5.74, 6) is -1.09. The van der Waals surface area contributed by atoms with Crippen LogP contribution in [-0.4, -0.2) is 47.7 Å². The molecule has 0 aromatic heterocycles. The van der Waals surface area contributed by atoms with Crippen LogP contribution in [0, 0.1) is 20.2 Å². The zero-order valence-corrected chi connectivity index (χ0v) is 18.8. The third-order valence-corrected chi connectivity index (χ3v) is 7.15. The maximum atomic E-state index is 12.7. The molecule has 0 bridgehead atoms. The lowest BCUT2D eigenvalue weighted by atomic mass is 10.2. The molecule has 0 aliphatic carbocycles. The molecule has 14 heteroatoms. The summed E-state index contributed by atoms with van der Waals surface area (Å²) in [7, 11) is -3.89. The van der Waals surface area contributed by atoms with Gasteiger partial charge in [0.25, 0.3) is 11.6 Å². The van der Waals surface area contributed by atoms with E-state index in [-0.39, 0.29) is 27.0 Å². The van der Waals surface area contributed by atoms with Crippen LogP contribution in [0.4, 0.5) is 17.1 Å². The van der Waals surface area contributed by atoms with Crippen molar-refractivity contribution in [3.63, 3.8) is 0 Å². The average Bonchev–Trinajstić information content (AvgIpc) is 3.31. The van der Waals surface area contributed by atoms with Crippen LogP contribution in [-0.2, 0) is 14.8 Å². The maximum absolute atomic E-state index is 12.7. The SMILES string of the molecule is CC(Oc1ccc(S(=O)(=O)N2CCCC2)cc1[N+](=O)[O-])C(=O)Nc1cc([N+](=O)[O-])ccc1Cl. The summed E-state index contributed by atoms with van der Waals surface area (Å²) in [6.45, 7) is 1.98. The minimum Gasteiger partial charge on any atom is -0.474 e. The van der Waals surface area contributed by atoms with Gasteiger partial charge < -0.3 is 10.1 Å². The number of carbonyl (C=O) groups is 1. The van der Waals surface area contributed by atoms with Crippen molar-refractivity contribution >= 4 is 44.6 Å². The highest BCUT2D eigenvalue weighted by molar-refractivity contribution is 7.89. The molecule has 1 atom stereocenters. The Balaban J connectivity index is 1.81. The minimum atomic E-state index is -3.89. The molecule has 3 rings (SSSR count). The lowest BCUT2D eigenvalue weighted by Gasteiger charge is -2.17. The van der Waals surface area contributed by atoms with E-state index in [1.165, 1.54) is 29.4 Å². The second-order valence-corrected chi connectivity index (χ2v) is 9.51. The molecular formula is C19H19ClN4O8S. The lowest BCUT2D eigenvalue weighted by molar-refractivity contribution is -0.386. The molecule has 0 spiro atoms. The van der Waals surface area contributed by atoms with Crippen LogP contribution >= 0.6 is 11.6 Å². The van der Waals surface area contributed by atoms with Crippen molar-refractivity contribution in [1.82, 2.24) is 4.31 Å². The Morgan fingerprint density at radius 1 is 1.12 bits per heavy atom. The Bertz CT molecular complexity index is 1210. The maximum Gasteiger partial charge on any atom is 0.312 e. The number of sulfonamides is 1. The summed E-state index contributed by atoms with van der Waals surface area (Å²) in [6.07, 6.45) is 0.146. The molecular weight excluding hydrogens is 480 g/mol. The highest BCUT2D eigenvalue weighted by Gasteiger charge is 2.30. The highest BCUT2D eigenvalue weighted by atomic mass is 35.5. The fraction of sp³-hybridized carbons (Fsp3) is 0.316. The average molecular weight is 499 g/mol. The van der Waals surface area contributed by atoms with E-state index in [2.05, 4.69) is 5.32 Å². The van der Waals surface area contributed by atoms with E-state index < -0.39 is 37.6 Å². The molecule has 1 aliphatic rings. The van der Waals surface area contributed by atoms with Crippen molar-refractivity contribution < 1.29 is 27.8 Å². The predicted octanol–water partition coefficient (Wildman–Crippen LogP) is 3.35. The van der Waals surface area contributed by atoms with Crippen LogP contribution in [0.25, 0.3) is 0 Å². The Morgan fingerprint density at radius 2 is 1.79 bits per heavy atom. The fourth-order valence-corrected chi connectivity index (χ4v) is 4.88. The number of nitro benzene ring substituents is 2. The fourth-order valence-electron chi connectivity index (χ4n) is 3.18. The van der Waals surface area contributed by atoms with Gasteiger partial charge in [-0.25, -0.2) is 8.42 Å². The zero-order chi connectivity index (χ0) is 24.3.